The molecule has 34 heavy (non-hydrogen) atoms. The largest absolute Gasteiger partial charge is 0.370 e. The Morgan fingerprint density at radius 2 is 2.00 bits per heavy atom. The SMILES string of the molecule is Bc1cnn2c(NCC3CCCN(C4CCN(C(C)=O)CC4)C3)cc(-c3ccccc3Cl)nc12. The second kappa shape index (κ2) is 9.96. The number of aromatic nitrogens is 3. The lowest BCUT2D eigenvalue weighted by atomic mass is 9.93. The highest BCUT2D eigenvalue weighted by Gasteiger charge is 2.29. The lowest BCUT2D eigenvalue weighted by molar-refractivity contribution is -0.130. The number of amides is 1. The van der Waals surface area contributed by atoms with Gasteiger partial charge in [0.05, 0.1) is 5.69 Å². The van der Waals surface area contributed by atoms with Gasteiger partial charge < -0.3 is 10.2 Å². The zero-order valence-electron chi connectivity index (χ0n) is 20.0. The normalized spacial score (nSPS) is 20.1. The lowest BCUT2D eigenvalue weighted by Gasteiger charge is -2.42. The molecule has 0 bridgehead atoms. The van der Waals surface area contributed by atoms with Gasteiger partial charge in [-0.25, -0.2) is 4.98 Å². The molecule has 4 heterocycles. The first-order valence-corrected chi connectivity index (χ1v) is 12.7. The van der Waals surface area contributed by atoms with E-state index in [-0.39, 0.29) is 5.91 Å². The summed E-state index contributed by atoms with van der Waals surface area (Å²) < 4.78 is 1.90. The molecule has 0 spiro atoms. The quantitative estimate of drug-likeness (QED) is 0.571. The van der Waals surface area contributed by atoms with E-state index in [9.17, 15) is 4.79 Å². The minimum absolute atomic E-state index is 0.202. The summed E-state index contributed by atoms with van der Waals surface area (Å²) in [5.41, 5.74) is 3.67. The van der Waals surface area contributed by atoms with Crippen LogP contribution in [0.15, 0.2) is 36.5 Å². The number of fused-ring (bicyclic) bond motifs is 1. The van der Waals surface area contributed by atoms with Crippen LogP contribution in [-0.2, 0) is 4.79 Å². The standard InChI is InChI=1S/C25H32BClN6O/c1-17(34)31-11-8-19(9-12-31)32-10-4-5-18(16-32)14-28-24-13-23(20-6-2-3-7-22(20)27)30-25-21(26)15-29-33(24)25/h2-3,6-7,13,15,18-19,28H,4-5,8-12,14,16,26H2,1H3. The predicted molar refractivity (Wildman–Crippen MR) is 140 cm³/mol. The van der Waals surface area contributed by atoms with Crippen LogP contribution in [0.25, 0.3) is 16.9 Å². The molecule has 2 aliphatic rings. The maximum Gasteiger partial charge on any atom is 0.219 e. The fourth-order valence-corrected chi connectivity index (χ4v) is 5.63. The third-order valence-electron chi connectivity index (χ3n) is 7.35. The van der Waals surface area contributed by atoms with E-state index in [1.54, 1.807) is 6.92 Å². The Hall–Kier alpha value is -2.58. The zero-order valence-corrected chi connectivity index (χ0v) is 20.8. The number of hydrogen-bond donors (Lipinski definition) is 1. The van der Waals surface area contributed by atoms with Gasteiger partial charge in [-0.15, -0.1) is 0 Å². The van der Waals surface area contributed by atoms with Crippen molar-refractivity contribution >= 4 is 42.3 Å². The number of hydrogen-bond acceptors (Lipinski definition) is 5. The molecule has 2 aromatic heterocycles. The second-order valence-corrected chi connectivity index (χ2v) is 10.1. The van der Waals surface area contributed by atoms with E-state index in [1.165, 1.54) is 12.8 Å². The Morgan fingerprint density at radius 1 is 1.21 bits per heavy atom. The number of carbonyl (C=O) groups excluding carboxylic acids is 1. The van der Waals surface area contributed by atoms with Crippen LogP contribution in [0, 0.1) is 5.92 Å². The number of halogens is 1. The average Bonchev–Trinajstić information content (AvgIpc) is 3.24. The Bertz CT molecular complexity index is 1180. The molecular formula is C25H32BClN6O. The Morgan fingerprint density at radius 3 is 2.76 bits per heavy atom. The van der Waals surface area contributed by atoms with Crippen LogP contribution in [0.1, 0.15) is 32.6 Å². The number of carbonyl (C=O) groups is 1. The topological polar surface area (TPSA) is 65.8 Å². The first kappa shape index (κ1) is 23.2. The molecule has 1 aromatic carbocycles. The summed E-state index contributed by atoms with van der Waals surface area (Å²) in [5, 5.41) is 8.94. The van der Waals surface area contributed by atoms with Gasteiger partial charge >= 0.3 is 0 Å². The third kappa shape index (κ3) is 4.79. The van der Waals surface area contributed by atoms with Crippen LogP contribution in [0.2, 0.25) is 5.02 Å². The van der Waals surface area contributed by atoms with Gasteiger partial charge in [-0.2, -0.15) is 9.61 Å². The van der Waals surface area contributed by atoms with Crippen LogP contribution in [0.3, 0.4) is 0 Å². The predicted octanol–water partition coefficient (Wildman–Crippen LogP) is 2.44. The van der Waals surface area contributed by atoms with Gasteiger partial charge in [0.15, 0.2) is 5.65 Å². The molecule has 0 saturated carbocycles. The smallest absolute Gasteiger partial charge is 0.219 e. The van der Waals surface area contributed by atoms with Crippen molar-refractivity contribution < 1.29 is 4.79 Å². The summed E-state index contributed by atoms with van der Waals surface area (Å²) in [7, 11) is 2.03. The molecular weight excluding hydrogens is 447 g/mol. The van der Waals surface area contributed by atoms with E-state index in [1.807, 2.05) is 47.7 Å². The van der Waals surface area contributed by atoms with Crippen molar-refractivity contribution in [2.24, 2.45) is 5.92 Å². The van der Waals surface area contributed by atoms with E-state index in [4.69, 9.17) is 16.6 Å². The molecule has 2 saturated heterocycles. The van der Waals surface area contributed by atoms with Crippen molar-refractivity contribution in [3.8, 4) is 11.3 Å². The van der Waals surface area contributed by atoms with Crippen molar-refractivity contribution in [2.45, 2.75) is 38.6 Å². The third-order valence-corrected chi connectivity index (χ3v) is 7.68. The zero-order chi connectivity index (χ0) is 23.7. The Kier molecular flexibility index (Phi) is 6.79. The number of likely N-dealkylation sites (tertiary alicyclic amines) is 2. The van der Waals surface area contributed by atoms with Crippen molar-refractivity contribution in [3.05, 3.63) is 41.6 Å². The maximum absolute atomic E-state index is 11.7. The number of benzene rings is 1. The van der Waals surface area contributed by atoms with Gasteiger partial charge in [-0.3, -0.25) is 9.69 Å². The van der Waals surface area contributed by atoms with E-state index >= 15 is 0 Å². The van der Waals surface area contributed by atoms with Crippen LogP contribution in [-0.4, -0.2) is 76.9 Å². The van der Waals surface area contributed by atoms with Crippen LogP contribution >= 0.6 is 11.6 Å². The average molecular weight is 479 g/mol. The first-order chi connectivity index (χ1) is 16.5. The van der Waals surface area contributed by atoms with Crippen molar-refractivity contribution in [1.82, 2.24) is 24.4 Å². The summed E-state index contributed by atoms with van der Waals surface area (Å²) >= 11 is 6.48. The lowest BCUT2D eigenvalue weighted by Crippen LogP contribution is -2.50. The molecule has 9 heteroatoms. The molecule has 1 unspecified atom stereocenters. The van der Waals surface area contributed by atoms with Gasteiger partial charge in [-0.1, -0.05) is 29.8 Å². The number of rotatable bonds is 5. The highest BCUT2D eigenvalue weighted by Crippen LogP contribution is 2.29. The number of nitrogens with one attached hydrogen (secondary N) is 1. The van der Waals surface area contributed by atoms with Crippen molar-refractivity contribution in [2.75, 3.05) is 38.0 Å². The molecule has 3 aromatic rings. The molecule has 0 radical (unpaired) electrons. The fourth-order valence-electron chi connectivity index (χ4n) is 5.40. The monoisotopic (exact) mass is 478 g/mol. The van der Waals surface area contributed by atoms with Gasteiger partial charge in [0.2, 0.25) is 5.91 Å². The molecule has 1 N–H and O–H groups in total. The van der Waals surface area contributed by atoms with Gasteiger partial charge in [-0.05, 0) is 49.7 Å². The van der Waals surface area contributed by atoms with E-state index < -0.39 is 0 Å². The van der Waals surface area contributed by atoms with Gasteiger partial charge in [0.1, 0.15) is 13.7 Å². The molecule has 5 rings (SSSR count). The Balaban J connectivity index is 1.29. The van der Waals surface area contributed by atoms with Crippen molar-refractivity contribution in [1.29, 1.82) is 0 Å². The summed E-state index contributed by atoms with van der Waals surface area (Å²) in [4.78, 5) is 21.2. The number of nitrogens with zero attached hydrogens (tertiary/aromatic N) is 5. The highest BCUT2D eigenvalue weighted by atomic mass is 35.5. The van der Waals surface area contributed by atoms with Crippen LogP contribution < -0.4 is 10.8 Å². The maximum atomic E-state index is 11.7. The fraction of sp³-hybridized carbons (Fsp3) is 0.480. The van der Waals surface area contributed by atoms with Gasteiger partial charge in [0, 0.05) is 62.0 Å². The van der Waals surface area contributed by atoms with Crippen molar-refractivity contribution in [3.63, 3.8) is 0 Å². The molecule has 178 valence electrons. The highest BCUT2D eigenvalue weighted by molar-refractivity contribution is 6.36. The summed E-state index contributed by atoms with van der Waals surface area (Å²) in [5.74, 6) is 1.72. The second-order valence-electron chi connectivity index (χ2n) is 9.69. The van der Waals surface area contributed by atoms with Crippen LogP contribution in [0.4, 0.5) is 5.82 Å². The molecule has 1 amide bonds. The summed E-state index contributed by atoms with van der Waals surface area (Å²) in [6.45, 7) is 6.60. The van der Waals surface area contributed by atoms with E-state index in [2.05, 4.69) is 21.4 Å². The van der Waals surface area contributed by atoms with E-state index in [0.29, 0.717) is 17.0 Å². The molecule has 0 aliphatic carbocycles. The molecule has 1 atom stereocenters. The summed E-state index contributed by atoms with van der Waals surface area (Å²) in [6.07, 6.45) is 6.47. The Labute approximate surface area is 206 Å². The van der Waals surface area contributed by atoms with Crippen LogP contribution in [0.5, 0.6) is 0 Å². The van der Waals surface area contributed by atoms with E-state index in [0.717, 1.165) is 73.8 Å². The minimum Gasteiger partial charge on any atom is -0.370 e. The number of anilines is 1. The molecule has 2 aliphatic heterocycles. The number of piperidine rings is 2. The first-order valence-electron chi connectivity index (χ1n) is 12.3. The molecule has 7 nitrogen and oxygen atoms in total. The summed E-state index contributed by atoms with van der Waals surface area (Å²) in [6, 6.07) is 10.5. The van der Waals surface area contributed by atoms with Gasteiger partial charge in [0.25, 0.3) is 0 Å². The molecule has 2 fully saturated rings. The minimum atomic E-state index is 0.202.